The minimum atomic E-state index is 0.359. The second-order valence-corrected chi connectivity index (χ2v) is 6.94. The fourth-order valence-corrected chi connectivity index (χ4v) is 2.90. The highest BCUT2D eigenvalue weighted by atomic mass is 79.9. The van der Waals surface area contributed by atoms with E-state index in [2.05, 4.69) is 56.2 Å². The minimum absolute atomic E-state index is 0.359. The fourth-order valence-electron chi connectivity index (χ4n) is 1.74. The third-order valence-corrected chi connectivity index (χ3v) is 3.84. The van der Waals surface area contributed by atoms with Crippen molar-refractivity contribution >= 4 is 31.9 Å². The molecule has 0 spiro atoms. The van der Waals surface area contributed by atoms with Crippen molar-refractivity contribution in [1.29, 1.82) is 0 Å². The maximum Gasteiger partial charge on any atom is 0.174 e. The topological polar surface area (TPSA) is 47.3 Å². The second-order valence-electron chi connectivity index (χ2n) is 5.17. The van der Waals surface area contributed by atoms with E-state index in [1.54, 1.807) is 0 Å². The van der Waals surface area contributed by atoms with Crippen LogP contribution >= 0.6 is 31.9 Å². The van der Waals surface area contributed by atoms with Crippen LogP contribution in [0, 0.1) is 5.92 Å². The van der Waals surface area contributed by atoms with Crippen LogP contribution < -0.4 is 10.1 Å². The van der Waals surface area contributed by atoms with E-state index in [4.69, 9.17) is 9.26 Å². The van der Waals surface area contributed by atoms with Gasteiger partial charge in [0.2, 0.25) is 0 Å². The van der Waals surface area contributed by atoms with Crippen molar-refractivity contribution in [3.05, 3.63) is 44.7 Å². The number of nitrogens with one attached hydrogen (secondary N) is 1. The predicted octanol–water partition coefficient (Wildman–Crippen LogP) is 4.52. The Labute approximate surface area is 141 Å². The highest BCUT2D eigenvalue weighted by molar-refractivity contribution is 9.11. The molecule has 0 bridgehead atoms. The Balaban J connectivity index is 1.85. The van der Waals surface area contributed by atoms with Crippen LogP contribution in [0.1, 0.15) is 25.3 Å². The summed E-state index contributed by atoms with van der Waals surface area (Å²) in [6, 6.07) is 7.69. The summed E-state index contributed by atoms with van der Waals surface area (Å²) in [6.45, 7) is 6.38. The molecule has 21 heavy (non-hydrogen) atoms. The van der Waals surface area contributed by atoms with Gasteiger partial charge in [-0.05, 0) is 46.6 Å². The molecule has 0 unspecified atom stereocenters. The molecule has 0 aliphatic heterocycles. The van der Waals surface area contributed by atoms with Crippen molar-refractivity contribution in [3.8, 4) is 5.75 Å². The molecule has 0 radical (unpaired) electrons. The molecule has 2 aromatic rings. The molecule has 114 valence electrons. The monoisotopic (exact) mass is 416 g/mol. The second kappa shape index (κ2) is 7.96. The van der Waals surface area contributed by atoms with Gasteiger partial charge in [-0.3, -0.25) is 0 Å². The summed E-state index contributed by atoms with van der Waals surface area (Å²) in [5.41, 5.74) is 0.893. The number of rotatable bonds is 7. The Kier molecular flexibility index (Phi) is 6.26. The Morgan fingerprint density at radius 2 is 2.10 bits per heavy atom. The molecule has 1 N–H and O–H groups in total. The van der Waals surface area contributed by atoms with E-state index in [-0.39, 0.29) is 0 Å². The summed E-state index contributed by atoms with van der Waals surface area (Å²) in [5, 5.41) is 7.35. The molecule has 2 rings (SSSR count). The molecule has 0 aliphatic carbocycles. The first-order valence-electron chi connectivity index (χ1n) is 6.77. The molecule has 0 saturated carbocycles. The number of halogens is 2. The lowest BCUT2D eigenvalue weighted by molar-refractivity contribution is 0.247. The van der Waals surface area contributed by atoms with Crippen LogP contribution in [0.2, 0.25) is 0 Å². The molecule has 6 heteroatoms. The van der Waals surface area contributed by atoms with Crippen LogP contribution in [-0.4, -0.2) is 11.7 Å². The summed E-state index contributed by atoms with van der Waals surface area (Å²) < 4.78 is 12.9. The third-order valence-electron chi connectivity index (χ3n) is 2.73. The number of nitrogens with zero attached hydrogens (tertiary/aromatic N) is 1. The molecule has 1 aromatic heterocycles. The van der Waals surface area contributed by atoms with Crippen molar-refractivity contribution in [2.24, 2.45) is 5.92 Å². The van der Waals surface area contributed by atoms with Crippen LogP contribution in [0.3, 0.4) is 0 Å². The Bertz CT molecular complexity index is 585. The maximum absolute atomic E-state index is 5.71. The molecule has 0 saturated heterocycles. The van der Waals surface area contributed by atoms with Gasteiger partial charge in [0, 0.05) is 17.1 Å². The number of ether oxygens (including phenoxy) is 1. The van der Waals surface area contributed by atoms with Crippen molar-refractivity contribution in [3.63, 3.8) is 0 Å². The first-order valence-corrected chi connectivity index (χ1v) is 8.36. The van der Waals surface area contributed by atoms with E-state index in [9.17, 15) is 0 Å². The first-order chi connectivity index (χ1) is 10.0. The highest BCUT2D eigenvalue weighted by Gasteiger charge is 2.07. The van der Waals surface area contributed by atoms with Gasteiger partial charge in [0.1, 0.15) is 12.4 Å². The van der Waals surface area contributed by atoms with Gasteiger partial charge >= 0.3 is 0 Å². The van der Waals surface area contributed by atoms with E-state index in [1.807, 2.05) is 24.3 Å². The van der Waals surface area contributed by atoms with Gasteiger partial charge < -0.3 is 14.6 Å². The third kappa shape index (κ3) is 5.45. The first kappa shape index (κ1) is 16.5. The molecule has 4 nitrogen and oxygen atoms in total. The van der Waals surface area contributed by atoms with E-state index in [0.29, 0.717) is 24.8 Å². The molecule has 0 amide bonds. The maximum atomic E-state index is 5.71. The summed E-state index contributed by atoms with van der Waals surface area (Å²) in [7, 11) is 0. The van der Waals surface area contributed by atoms with E-state index in [0.717, 1.165) is 26.9 Å². The minimum Gasteiger partial charge on any atom is -0.484 e. The lowest BCUT2D eigenvalue weighted by Crippen LogP contribution is -2.19. The summed E-state index contributed by atoms with van der Waals surface area (Å²) >= 11 is 6.87. The van der Waals surface area contributed by atoms with Gasteiger partial charge in [-0.1, -0.05) is 34.9 Å². The van der Waals surface area contributed by atoms with Gasteiger partial charge in [-0.25, -0.2) is 0 Å². The number of aromatic nitrogens is 1. The lowest BCUT2D eigenvalue weighted by atomic mass is 10.2. The number of benzene rings is 1. The number of hydrogen-bond donors (Lipinski definition) is 1. The van der Waals surface area contributed by atoms with Gasteiger partial charge in [0.15, 0.2) is 5.76 Å². The van der Waals surface area contributed by atoms with Gasteiger partial charge in [-0.15, -0.1) is 0 Å². The normalized spacial score (nSPS) is 11.1. The number of hydrogen-bond acceptors (Lipinski definition) is 4. The quantitative estimate of drug-likeness (QED) is 0.719. The van der Waals surface area contributed by atoms with Crippen LogP contribution in [0.5, 0.6) is 5.75 Å². The van der Waals surface area contributed by atoms with E-state index in [1.165, 1.54) is 0 Å². The average molecular weight is 418 g/mol. The molecule has 0 atom stereocenters. The molecular weight excluding hydrogens is 400 g/mol. The Hall–Kier alpha value is -0.850. The molecule has 1 aromatic carbocycles. The van der Waals surface area contributed by atoms with Crippen molar-refractivity contribution < 1.29 is 9.26 Å². The van der Waals surface area contributed by atoms with Gasteiger partial charge in [-0.2, -0.15) is 0 Å². The summed E-state index contributed by atoms with van der Waals surface area (Å²) in [4.78, 5) is 0. The van der Waals surface area contributed by atoms with E-state index >= 15 is 0 Å². The van der Waals surface area contributed by atoms with E-state index < -0.39 is 0 Å². The van der Waals surface area contributed by atoms with Crippen LogP contribution in [0.15, 0.2) is 37.7 Å². The van der Waals surface area contributed by atoms with Gasteiger partial charge in [0.05, 0.1) is 10.2 Å². The molecule has 0 aliphatic rings. The standard InChI is InChI=1S/C15H18Br2N2O2/c1-10(2)7-18-8-12-6-13(21-19-12)9-20-15-4-3-11(16)5-14(15)17/h3-6,10,18H,7-9H2,1-2H3. The molecule has 0 fully saturated rings. The fraction of sp³-hybridized carbons (Fsp3) is 0.400. The van der Waals surface area contributed by atoms with Crippen molar-refractivity contribution in [2.75, 3.05) is 6.54 Å². The van der Waals surface area contributed by atoms with Crippen molar-refractivity contribution in [1.82, 2.24) is 10.5 Å². The Morgan fingerprint density at radius 3 is 2.81 bits per heavy atom. The SMILES string of the molecule is CC(C)CNCc1cc(COc2ccc(Br)cc2Br)on1. The molecule has 1 heterocycles. The van der Waals surface area contributed by atoms with Gasteiger partial charge in [0.25, 0.3) is 0 Å². The molecular formula is C15H18Br2N2O2. The van der Waals surface area contributed by atoms with Crippen LogP contribution in [0.25, 0.3) is 0 Å². The predicted molar refractivity (Wildman–Crippen MR) is 89.2 cm³/mol. The summed E-state index contributed by atoms with van der Waals surface area (Å²) in [6.07, 6.45) is 0. The highest BCUT2D eigenvalue weighted by Crippen LogP contribution is 2.28. The van der Waals surface area contributed by atoms with Crippen LogP contribution in [0.4, 0.5) is 0 Å². The Morgan fingerprint density at radius 1 is 1.29 bits per heavy atom. The largest absolute Gasteiger partial charge is 0.484 e. The summed E-state index contributed by atoms with van der Waals surface area (Å²) in [5.74, 6) is 2.11. The zero-order valence-corrected chi connectivity index (χ0v) is 15.2. The average Bonchev–Trinajstić information content (AvgIpc) is 2.85. The van der Waals surface area contributed by atoms with Crippen molar-refractivity contribution in [2.45, 2.75) is 27.0 Å². The smallest absolute Gasteiger partial charge is 0.174 e. The van der Waals surface area contributed by atoms with Crippen LogP contribution in [-0.2, 0) is 13.2 Å². The lowest BCUT2D eigenvalue weighted by Gasteiger charge is -2.06. The zero-order valence-electron chi connectivity index (χ0n) is 12.0. The zero-order chi connectivity index (χ0) is 15.2.